The molecule has 0 bridgehead atoms. The van der Waals surface area contributed by atoms with Gasteiger partial charge in [0, 0.05) is 24.0 Å². The van der Waals surface area contributed by atoms with E-state index in [-0.39, 0.29) is 24.0 Å². The number of carbonyl (C=O) groups is 2. The van der Waals surface area contributed by atoms with Crippen LogP contribution in [0.25, 0.3) is 0 Å². The first-order valence-corrected chi connectivity index (χ1v) is 8.78. The third kappa shape index (κ3) is 5.07. The molecule has 2 fully saturated rings. The molecule has 0 aromatic carbocycles. The summed E-state index contributed by atoms with van der Waals surface area (Å²) < 4.78 is 5.22. The maximum atomic E-state index is 11.6. The number of urea groups is 1. The summed E-state index contributed by atoms with van der Waals surface area (Å²) in [6.07, 6.45) is 4.46. The molecule has 7 heteroatoms. The lowest BCUT2D eigenvalue weighted by atomic mass is 10.0. The van der Waals surface area contributed by atoms with E-state index in [1.165, 1.54) is 0 Å². The van der Waals surface area contributed by atoms with Crippen LogP contribution in [0, 0.1) is 0 Å². The van der Waals surface area contributed by atoms with Crippen molar-refractivity contribution in [2.75, 3.05) is 19.1 Å². The minimum Gasteiger partial charge on any atom is -0.361 e. The minimum atomic E-state index is -0.0400. The van der Waals surface area contributed by atoms with Crippen LogP contribution in [0.15, 0.2) is 0 Å². The first kappa shape index (κ1) is 16.4. The standard InChI is InChI=1S/C14H25N3O3S/c1-2-7-20-9-15-12(18)6-4-3-5-11-13-10(8-21-11)16-14(19)17-13/h10-11,13H,2-9H2,1H3,(H,15,18)(H2,16,17,19)/t10-,11-,13-/m0/s1. The largest absolute Gasteiger partial charge is 0.361 e. The topological polar surface area (TPSA) is 79.5 Å². The maximum Gasteiger partial charge on any atom is 0.315 e. The fourth-order valence-electron chi connectivity index (χ4n) is 2.71. The van der Waals surface area contributed by atoms with Crippen LogP contribution in [-0.4, -0.2) is 48.4 Å². The highest BCUT2D eigenvalue weighted by atomic mass is 32.2. The lowest BCUT2D eigenvalue weighted by Crippen LogP contribution is -2.36. The van der Waals surface area contributed by atoms with Crippen LogP contribution in [0.4, 0.5) is 4.79 Å². The van der Waals surface area contributed by atoms with Crippen molar-refractivity contribution in [3.63, 3.8) is 0 Å². The average molecular weight is 315 g/mol. The van der Waals surface area contributed by atoms with Gasteiger partial charge in [0.1, 0.15) is 6.73 Å². The summed E-state index contributed by atoms with van der Waals surface area (Å²) in [6.45, 7) is 3.03. The Morgan fingerprint density at radius 3 is 3.10 bits per heavy atom. The van der Waals surface area contributed by atoms with E-state index in [1.807, 2.05) is 18.7 Å². The molecule has 3 atom stereocenters. The zero-order valence-electron chi connectivity index (χ0n) is 12.5. The first-order valence-electron chi connectivity index (χ1n) is 7.73. The molecule has 0 radical (unpaired) electrons. The summed E-state index contributed by atoms with van der Waals surface area (Å²) in [4.78, 5) is 22.8. The number of fused-ring (bicyclic) bond motifs is 1. The van der Waals surface area contributed by atoms with Gasteiger partial charge < -0.3 is 20.7 Å². The van der Waals surface area contributed by atoms with Crippen LogP contribution in [0.1, 0.15) is 39.0 Å². The third-order valence-electron chi connectivity index (χ3n) is 3.80. The van der Waals surface area contributed by atoms with E-state index in [4.69, 9.17) is 4.74 Å². The Bertz CT molecular complexity index is 367. The summed E-state index contributed by atoms with van der Waals surface area (Å²) in [5, 5.41) is 9.16. The van der Waals surface area contributed by atoms with Crippen molar-refractivity contribution in [3.8, 4) is 0 Å². The monoisotopic (exact) mass is 315 g/mol. The zero-order valence-corrected chi connectivity index (χ0v) is 13.3. The zero-order chi connectivity index (χ0) is 15.1. The van der Waals surface area contributed by atoms with E-state index in [9.17, 15) is 9.59 Å². The highest BCUT2D eigenvalue weighted by Crippen LogP contribution is 2.33. The van der Waals surface area contributed by atoms with Crippen molar-refractivity contribution in [3.05, 3.63) is 0 Å². The number of thioether (sulfide) groups is 1. The minimum absolute atomic E-state index is 0.0400. The highest BCUT2D eigenvalue weighted by molar-refractivity contribution is 8.00. The van der Waals surface area contributed by atoms with Crippen LogP contribution in [0.5, 0.6) is 0 Å². The van der Waals surface area contributed by atoms with Gasteiger partial charge in [-0.3, -0.25) is 4.79 Å². The van der Waals surface area contributed by atoms with E-state index >= 15 is 0 Å². The van der Waals surface area contributed by atoms with Crippen LogP contribution >= 0.6 is 11.8 Å². The fraction of sp³-hybridized carbons (Fsp3) is 0.857. The third-order valence-corrected chi connectivity index (χ3v) is 5.31. The number of amides is 3. The van der Waals surface area contributed by atoms with Crippen molar-refractivity contribution in [1.82, 2.24) is 16.0 Å². The van der Waals surface area contributed by atoms with Gasteiger partial charge in [-0.15, -0.1) is 0 Å². The molecular formula is C14H25N3O3S. The number of unbranched alkanes of at least 4 members (excludes halogenated alkanes) is 1. The molecular weight excluding hydrogens is 290 g/mol. The second-order valence-corrected chi connectivity index (χ2v) is 6.79. The Labute approximate surface area is 130 Å². The fourth-order valence-corrected chi connectivity index (χ4v) is 4.25. The van der Waals surface area contributed by atoms with Gasteiger partial charge in [-0.1, -0.05) is 13.3 Å². The molecule has 2 aliphatic heterocycles. The molecule has 6 nitrogen and oxygen atoms in total. The second kappa shape index (κ2) is 8.48. The molecule has 0 aromatic rings. The predicted molar refractivity (Wildman–Crippen MR) is 83.2 cm³/mol. The van der Waals surface area contributed by atoms with Gasteiger partial charge >= 0.3 is 6.03 Å². The van der Waals surface area contributed by atoms with Gasteiger partial charge in [-0.2, -0.15) is 11.8 Å². The number of hydrogen-bond acceptors (Lipinski definition) is 4. The van der Waals surface area contributed by atoms with E-state index in [2.05, 4.69) is 16.0 Å². The molecule has 0 aromatic heterocycles. The molecule has 2 aliphatic rings. The van der Waals surface area contributed by atoms with Crippen molar-refractivity contribution < 1.29 is 14.3 Å². The lowest BCUT2D eigenvalue weighted by Gasteiger charge is -2.16. The summed E-state index contributed by atoms with van der Waals surface area (Å²) >= 11 is 1.92. The summed E-state index contributed by atoms with van der Waals surface area (Å²) in [5.74, 6) is 1.04. The quantitative estimate of drug-likeness (QED) is 0.339. The molecule has 2 heterocycles. The molecule has 2 rings (SSSR count). The predicted octanol–water partition coefficient (Wildman–Crippen LogP) is 1.21. The van der Waals surface area contributed by atoms with Crippen LogP contribution < -0.4 is 16.0 Å². The Morgan fingerprint density at radius 2 is 2.29 bits per heavy atom. The SMILES string of the molecule is CCCOCNC(=O)CCCC[C@@H]1SC[C@@H]2NC(=O)N[C@@H]21. The Kier molecular flexibility index (Phi) is 6.63. The smallest absolute Gasteiger partial charge is 0.315 e. The highest BCUT2D eigenvalue weighted by Gasteiger charge is 2.42. The summed E-state index contributed by atoms with van der Waals surface area (Å²) in [6, 6.07) is 0.507. The molecule has 3 amide bonds. The summed E-state index contributed by atoms with van der Waals surface area (Å²) in [7, 11) is 0. The number of carbonyl (C=O) groups excluding carboxylic acids is 2. The van der Waals surface area contributed by atoms with Crippen molar-refractivity contribution in [1.29, 1.82) is 0 Å². The number of nitrogens with one attached hydrogen (secondary N) is 3. The average Bonchev–Trinajstić information content (AvgIpc) is 2.99. The Morgan fingerprint density at radius 1 is 1.43 bits per heavy atom. The Hall–Kier alpha value is -0.950. The van der Waals surface area contributed by atoms with E-state index in [0.717, 1.165) is 31.4 Å². The maximum absolute atomic E-state index is 11.6. The summed E-state index contributed by atoms with van der Waals surface area (Å²) in [5.41, 5.74) is 0. The van der Waals surface area contributed by atoms with Gasteiger partial charge in [-0.05, 0) is 19.3 Å². The molecule has 0 saturated carbocycles. The van der Waals surface area contributed by atoms with Gasteiger partial charge in [0.25, 0.3) is 0 Å². The van der Waals surface area contributed by atoms with Gasteiger partial charge in [0.15, 0.2) is 0 Å². The molecule has 0 spiro atoms. The Balaban J connectivity index is 1.52. The van der Waals surface area contributed by atoms with Crippen molar-refractivity contribution in [2.45, 2.75) is 56.4 Å². The van der Waals surface area contributed by atoms with Gasteiger partial charge in [-0.25, -0.2) is 4.79 Å². The molecule has 0 aliphatic carbocycles. The molecule has 2 saturated heterocycles. The van der Waals surface area contributed by atoms with Crippen LogP contribution in [0.2, 0.25) is 0 Å². The first-order chi connectivity index (χ1) is 10.2. The van der Waals surface area contributed by atoms with Gasteiger partial charge in [0.05, 0.1) is 12.1 Å². The molecule has 3 N–H and O–H groups in total. The lowest BCUT2D eigenvalue weighted by molar-refractivity contribution is -0.122. The van der Waals surface area contributed by atoms with E-state index < -0.39 is 0 Å². The van der Waals surface area contributed by atoms with E-state index in [0.29, 0.717) is 25.0 Å². The number of ether oxygens (including phenoxy) is 1. The number of hydrogen-bond donors (Lipinski definition) is 3. The molecule has 0 unspecified atom stereocenters. The molecule has 120 valence electrons. The normalized spacial score (nSPS) is 27.1. The van der Waals surface area contributed by atoms with E-state index in [1.54, 1.807) is 0 Å². The second-order valence-electron chi connectivity index (χ2n) is 5.52. The van der Waals surface area contributed by atoms with Crippen LogP contribution in [-0.2, 0) is 9.53 Å². The van der Waals surface area contributed by atoms with Crippen LogP contribution in [0.3, 0.4) is 0 Å². The number of rotatable bonds is 9. The van der Waals surface area contributed by atoms with Crippen molar-refractivity contribution >= 4 is 23.7 Å². The van der Waals surface area contributed by atoms with Gasteiger partial charge in [0.2, 0.25) is 5.91 Å². The molecule has 21 heavy (non-hydrogen) atoms. The van der Waals surface area contributed by atoms with Crippen molar-refractivity contribution in [2.24, 2.45) is 0 Å².